The highest BCUT2D eigenvalue weighted by Gasteiger charge is 2.17. The number of carbonyl (C=O) groups excluding carboxylic acids is 1. The van der Waals surface area contributed by atoms with Crippen LogP contribution in [-0.4, -0.2) is 13.1 Å². The number of rotatable bonds is 3. The third kappa shape index (κ3) is 2.70. The highest BCUT2D eigenvalue weighted by Crippen LogP contribution is 2.33. The molecule has 0 heterocycles. The molecule has 0 radical (unpaired) electrons. The smallest absolute Gasteiger partial charge is 0.340 e. The number of para-hydroxylation sites is 1. The lowest BCUT2D eigenvalue weighted by Crippen LogP contribution is -2.08. The SMILES string of the molecule is COC(=O)c1ccc(N)c(S)c1Nc1ccccc1F. The molecule has 2 aromatic rings. The molecular formula is C14H13FN2O2S. The molecule has 0 aliphatic rings. The van der Waals surface area contributed by atoms with Crippen LogP contribution >= 0.6 is 12.6 Å². The monoisotopic (exact) mass is 292 g/mol. The number of carbonyl (C=O) groups is 1. The summed E-state index contributed by atoms with van der Waals surface area (Å²) in [7, 11) is 1.27. The van der Waals surface area contributed by atoms with Crippen molar-refractivity contribution in [2.24, 2.45) is 0 Å². The molecule has 3 N–H and O–H groups in total. The van der Waals surface area contributed by atoms with E-state index in [1.165, 1.54) is 19.2 Å². The first-order chi connectivity index (χ1) is 9.54. The van der Waals surface area contributed by atoms with Crippen molar-refractivity contribution in [3.05, 3.63) is 47.8 Å². The molecule has 20 heavy (non-hydrogen) atoms. The average Bonchev–Trinajstić information content (AvgIpc) is 2.45. The van der Waals surface area contributed by atoms with E-state index in [0.717, 1.165) is 0 Å². The second kappa shape index (κ2) is 5.83. The highest BCUT2D eigenvalue weighted by molar-refractivity contribution is 7.80. The minimum atomic E-state index is -0.556. The number of benzene rings is 2. The molecule has 0 fully saturated rings. The van der Waals surface area contributed by atoms with Crippen LogP contribution in [0.15, 0.2) is 41.3 Å². The molecule has 0 aliphatic carbocycles. The van der Waals surface area contributed by atoms with Crippen LogP contribution in [0.2, 0.25) is 0 Å². The minimum absolute atomic E-state index is 0.221. The van der Waals surface area contributed by atoms with Gasteiger partial charge < -0.3 is 15.8 Å². The summed E-state index contributed by atoms with van der Waals surface area (Å²) >= 11 is 4.26. The molecule has 0 unspecified atom stereocenters. The summed E-state index contributed by atoms with van der Waals surface area (Å²) in [5, 5.41) is 2.83. The van der Waals surface area contributed by atoms with Crippen molar-refractivity contribution in [3.8, 4) is 0 Å². The van der Waals surface area contributed by atoms with Gasteiger partial charge in [0.1, 0.15) is 5.82 Å². The Kier molecular flexibility index (Phi) is 4.14. The number of halogens is 1. The molecule has 104 valence electrons. The number of esters is 1. The zero-order valence-electron chi connectivity index (χ0n) is 10.7. The maximum absolute atomic E-state index is 13.7. The molecule has 0 aromatic heterocycles. The van der Waals surface area contributed by atoms with Crippen molar-refractivity contribution in [2.45, 2.75) is 4.90 Å². The fraction of sp³-hybridized carbons (Fsp3) is 0.0714. The number of hydrogen-bond donors (Lipinski definition) is 3. The van der Waals surface area contributed by atoms with Gasteiger partial charge in [-0.15, -0.1) is 12.6 Å². The van der Waals surface area contributed by atoms with E-state index in [-0.39, 0.29) is 11.3 Å². The van der Waals surface area contributed by atoms with Gasteiger partial charge in [0.25, 0.3) is 0 Å². The molecule has 0 aliphatic heterocycles. The van der Waals surface area contributed by atoms with Crippen LogP contribution in [0.25, 0.3) is 0 Å². The third-order valence-corrected chi connectivity index (χ3v) is 3.23. The number of anilines is 3. The molecule has 6 heteroatoms. The molecule has 0 spiro atoms. The van der Waals surface area contributed by atoms with Gasteiger partial charge in [0, 0.05) is 5.69 Å². The summed E-state index contributed by atoms with van der Waals surface area (Å²) in [6.45, 7) is 0. The number of thiol groups is 1. The van der Waals surface area contributed by atoms with Gasteiger partial charge in [0.05, 0.1) is 28.9 Å². The van der Waals surface area contributed by atoms with Crippen LogP contribution in [0.5, 0.6) is 0 Å². The largest absolute Gasteiger partial charge is 0.465 e. The maximum Gasteiger partial charge on any atom is 0.340 e. The fourth-order valence-corrected chi connectivity index (χ4v) is 1.96. The van der Waals surface area contributed by atoms with E-state index >= 15 is 0 Å². The number of nitrogen functional groups attached to an aromatic ring is 1. The van der Waals surface area contributed by atoms with Crippen molar-refractivity contribution in [2.75, 3.05) is 18.2 Å². The van der Waals surface area contributed by atoms with Crippen molar-refractivity contribution < 1.29 is 13.9 Å². The Morgan fingerprint density at radius 1 is 1.30 bits per heavy atom. The summed E-state index contributed by atoms with van der Waals surface area (Å²) in [5.41, 5.74) is 6.90. The summed E-state index contributed by atoms with van der Waals surface area (Å²) < 4.78 is 18.4. The molecule has 0 saturated heterocycles. The van der Waals surface area contributed by atoms with Crippen molar-refractivity contribution >= 4 is 35.7 Å². The second-order valence-electron chi connectivity index (χ2n) is 4.02. The normalized spacial score (nSPS) is 10.2. The first-order valence-electron chi connectivity index (χ1n) is 5.76. The van der Waals surface area contributed by atoms with E-state index < -0.39 is 11.8 Å². The van der Waals surface area contributed by atoms with Gasteiger partial charge >= 0.3 is 5.97 Å². The summed E-state index contributed by atoms with van der Waals surface area (Å²) in [5.74, 6) is -1.00. The molecular weight excluding hydrogens is 279 g/mol. The van der Waals surface area contributed by atoms with E-state index in [9.17, 15) is 9.18 Å². The van der Waals surface area contributed by atoms with E-state index in [1.807, 2.05) is 0 Å². The number of nitrogens with one attached hydrogen (secondary N) is 1. The number of hydrogen-bond acceptors (Lipinski definition) is 5. The molecule has 0 atom stereocenters. The van der Waals surface area contributed by atoms with Crippen molar-refractivity contribution in [3.63, 3.8) is 0 Å². The maximum atomic E-state index is 13.7. The summed E-state index contributed by atoms with van der Waals surface area (Å²) in [6.07, 6.45) is 0. The van der Waals surface area contributed by atoms with Crippen LogP contribution < -0.4 is 11.1 Å². The first-order valence-corrected chi connectivity index (χ1v) is 6.20. The van der Waals surface area contributed by atoms with Crippen molar-refractivity contribution in [1.29, 1.82) is 0 Å². The Morgan fingerprint density at radius 2 is 2.00 bits per heavy atom. The Hall–Kier alpha value is -2.21. The molecule has 0 bridgehead atoms. The molecule has 0 amide bonds. The lowest BCUT2D eigenvalue weighted by Gasteiger charge is -2.15. The quantitative estimate of drug-likeness (QED) is 0.462. The predicted octanol–water partition coefficient (Wildman–Crippen LogP) is 3.23. The number of methoxy groups -OCH3 is 1. The zero-order valence-corrected chi connectivity index (χ0v) is 11.6. The highest BCUT2D eigenvalue weighted by atomic mass is 32.1. The summed E-state index contributed by atoms with van der Waals surface area (Å²) in [6, 6.07) is 9.15. The fourth-order valence-electron chi connectivity index (χ4n) is 1.71. The lowest BCUT2D eigenvalue weighted by atomic mass is 10.1. The van der Waals surface area contributed by atoms with E-state index in [2.05, 4.69) is 17.9 Å². The minimum Gasteiger partial charge on any atom is -0.465 e. The van der Waals surface area contributed by atoms with Crippen LogP contribution in [0.3, 0.4) is 0 Å². The molecule has 0 saturated carbocycles. The Balaban J connectivity index is 2.52. The average molecular weight is 292 g/mol. The Bertz CT molecular complexity index is 662. The first kappa shape index (κ1) is 14.2. The van der Waals surface area contributed by atoms with E-state index in [0.29, 0.717) is 16.3 Å². The van der Waals surface area contributed by atoms with Crippen molar-refractivity contribution in [1.82, 2.24) is 0 Å². The summed E-state index contributed by atoms with van der Waals surface area (Å²) in [4.78, 5) is 12.1. The van der Waals surface area contributed by atoms with Gasteiger partial charge in [-0.05, 0) is 24.3 Å². The van der Waals surface area contributed by atoms with Gasteiger partial charge in [-0.3, -0.25) is 0 Å². The second-order valence-corrected chi connectivity index (χ2v) is 4.47. The van der Waals surface area contributed by atoms with Crippen LogP contribution in [-0.2, 0) is 4.74 Å². The molecule has 4 nitrogen and oxygen atoms in total. The van der Waals surface area contributed by atoms with Gasteiger partial charge in [-0.2, -0.15) is 0 Å². The molecule has 2 rings (SSSR count). The third-order valence-electron chi connectivity index (χ3n) is 2.75. The lowest BCUT2D eigenvalue weighted by molar-refractivity contribution is 0.0601. The zero-order chi connectivity index (χ0) is 14.7. The van der Waals surface area contributed by atoms with Crippen LogP contribution in [0.1, 0.15) is 10.4 Å². The van der Waals surface area contributed by atoms with E-state index in [1.54, 1.807) is 24.3 Å². The standard InChI is InChI=1S/C14H13FN2O2S/c1-19-14(18)8-6-7-10(16)13(20)12(8)17-11-5-3-2-4-9(11)15/h2-7,17,20H,16H2,1H3. The number of nitrogens with two attached hydrogens (primary N) is 1. The van der Waals surface area contributed by atoms with Gasteiger partial charge in [-0.25, -0.2) is 9.18 Å². The molecule has 2 aromatic carbocycles. The van der Waals surface area contributed by atoms with Crippen LogP contribution in [0.4, 0.5) is 21.5 Å². The number of ether oxygens (including phenoxy) is 1. The van der Waals surface area contributed by atoms with E-state index in [4.69, 9.17) is 10.5 Å². The Labute approximate surface area is 121 Å². The topological polar surface area (TPSA) is 64.3 Å². The predicted molar refractivity (Wildman–Crippen MR) is 79.1 cm³/mol. The Morgan fingerprint density at radius 3 is 2.65 bits per heavy atom. The van der Waals surface area contributed by atoms with Gasteiger partial charge in [0.2, 0.25) is 0 Å². The van der Waals surface area contributed by atoms with Gasteiger partial charge in [-0.1, -0.05) is 12.1 Å². The van der Waals surface area contributed by atoms with Crippen LogP contribution in [0, 0.1) is 5.82 Å². The van der Waals surface area contributed by atoms with Gasteiger partial charge in [0.15, 0.2) is 0 Å².